The van der Waals surface area contributed by atoms with E-state index in [2.05, 4.69) is 24.3 Å². The summed E-state index contributed by atoms with van der Waals surface area (Å²) in [5, 5.41) is 1.12. The minimum absolute atomic E-state index is 0.0599. The Balaban J connectivity index is 2.08. The van der Waals surface area contributed by atoms with Crippen LogP contribution in [0.15, 0.2) is 30.3 Å². The first-order valence-corrected chi connectivity index (χ1v) is 7.49. The molecule has 0 bridgehead atoms. The van der Waals surface area contributed by atoms with Gasteiger partial charge in [0.15, 0.2) is 5.78 Å². The second-order valence-corrected chi connectivity index (χ2v) is 6.29. The number of hydrogen-bond acceptors (Lipinski definition) is 3. The zero-order valence-electron chi connectivity index (χ0n) is 11.3. The molecule has 1 aromatic heterocycles. The molecule has 2 aromatic rings. The number of Topliss-reactive ketones (excluding diaryl/α,β-unsaturated/α-hetero) is 1. The van der Waals surface area contributed by atoms with Crippen LogP contribution in [0.3, 0.4) is 0 Å². The van der Waals surface area contributed by atoms with Crippen molar-refractivity contribution in [2.75, 3.05) is 0 Å². The molecule has 0 saturated heterocycles. The molecule has 2 nitrogen and oxygen atoms in total. The van der Waals surface area contributed by atoms with Gasteiger partial charge in [0.25, 0.3) is 0 Å². The Kier molecular flexibility index (Phi) is 3.02. The standard InChI is InChI=1S/C16H17NOS/c1-11-14(12(2)18)19-15(17-11)16(9-6-10-16)13-7-4-3-5-8-13/h3-5,7-8H,6,9-10H2,1-2H3. The van der Waals surface area contributed by atoms with E-state index < -0.39 is 0 Å². The van der Waals surface area contributed by atoms with Gasteiger partial charge in [-0.1, -0.05) is 36.8 Å². The zero-order valence-corrected chi connectivity index (χ0v) is 12.1. The first-order chi connectivity index (χ1) is 9.13. The monoisotopic (exact) mass is 271 g/mol. The average molecular weight is 271 g/mol. The van der Waals surface area contributed by atoms with Gasteiger partial charge < -0.3 is 0 Å². The second-order valence-electron chi connectivity index (χ2n) is 5.29. The molecule has 0 N–H and O–H groups in total. The number of ketones is 1. The molecule has 19 heavy (non-hydrogen) atoms. The van der Waals surface area contributed by atoms with Gasteiger partial charge >= 0.3 is 0 Å². The molecule has 0 spiro atoms. The highest BCUT2D eigenvalue weighted by molar-refractivity contribution is 7.14. The Hall–Kier alpha value is -1.48. The van der Waals surface area contributed by atoms with Gasteiger partial charge in [0.2, 0.25) is 0 Å². The van der Waals surface area contributed by atoms with Crippen LogP contribution in [0.2, 0.25) is 0 Å². The smallest absolute Gasteiger partial charge is 0.171 e. The van der Waals surface area contributed by atoms with Crippen LogP contribution in [0, 0.1) is 6.92 Å². The lowest BCUT2D eigenvalue weighted by Crippen LogP contribution is -2.35. The van der Waals surface area contributed by atoms with Crippen LogP contribution in [-0.4, -0.2) is 10.8 Å². The Bertz CT molecular complexity index is 611. The number of nitrogens with zero attached hydrogens (tertiary/aromatic N) is 1. The summed E-state index contributed by atoms with van der Waals surface area (Å²) in [6.07, 6.45) is 3.52. The Morgan fingerprint density at radius 2 is 1.95 bits per heavy atom. The maximum atomic E-state index is 11.6. The SMILES string of the molecule is CC(=O)c1sc(C2(c3ccccc3)CCC2)nc1C. The van der Waals surface area contributed by atoms with Crippen molar-refractivity contribution in [3.63, 3.8) is 0 Å². The lowest BCUT2D eigenvalue weighted by molar-refractivity contribution is 0.102. The molecule has 1 heterocycles. The van der Waals surface area contributed by atoms with Gasteiger partial charge in [-0.3, -0.25) is 4.79 Å². The van der Waals surface area contributed by atoms with E-state index in [1.165, 1.54) is 12.0 Å². The van der Waals surface area contributed by atoms with E-state index in [0.717, 1.165) is 28.4 Å². The van der Waals surface area contributed by atoms with Gasteiger partial charge in [0, 0.05) is 12.3 Å². The number of carbonyl (C=O) groups is 1. The van der Waals surface area contributed by atoms with Crippen molar-refractivity contribution in [3.05, 3.63) is 51.5 Å². The van der Waals surface area contributed by atoms with Crippen LogP contribution in [0.4, 0.5) is 0 Å². The predicted molar refractivity (Wildman–Crippen MR) is 77.9 cm³/mol. The van der Waals surface area contributed by atoms with Crippen molar-refractivity contribution in [1.82, 2.24) is 4.98 Å². The fourth-order valence-electron chi connectivity index (χ4n) is 2.84. The Morgan fingerprint density at radius 3 is 2.42 bits per heavy atom. The number of rotatable bonds is 3. The normalized spacial score (nSPS) is 16.9. The van der Waals surface area contributed by atoms with E-state index in [9.17, 15) is 4.79 Å². The van der Waals surface area contributed by atoms with Crippen LogP contribution in [-0.2, 0) is 5.41 Å². The molecule has 3 heteroatoms. The first kappa shape index (κ1) is 12.5. The highest BCUT2D eigenvalue weighted by atomic mass is 32.1. The molecule has 1 aliphatic carbocycles. The maximum absolute atomic E-state index is 11.6. The topological polar surface area (TPSA) is 30.0 Å². The van der Waals surface area contributed by atoms with Gasteiger partial charge in [-0.05, 0) is 25.3 Å². The lowest BCUT2D eigenvalue weighted by Gasteiger charge is -2.40. The van der Waals surface area contributed by atoms with E-state index in [1.807, 2.05) is 13.0 Å². The molecule has 1 fully saturated rings. The van der Waals surface area contributed by atoms with Gasteiger partial charge in [-0.25, -0.2) is 4.98 Å². The number of hydrogen-bond donors (Lipinski definition) is 0. The third kappa shape index (κ3) is 1.93. The summed E-state index contributed by atoms with van der Waals surface area (Å²) in [5.41, 5.74) is 2.28. The van der Waals surface area contributed by atoms with Gasteiger partial charge in [0.05, 0.1) is 10.6 Å². The van der Waals surface area contributed by atoms with Crippen LogP contribution in [0.1, 0.15) is 52.1 Å². The largest absolute Gasteiger partial charge is 0.294 e. The summed E-state index contributed by atoms with van der Waals surface area (Å²) >= 11 is 1.58. The Labute approximate surface area is 117 Å². The van der Waals surface area contributed by atoms with Crippen molar-refractivity contribution in [2.24, 2.45) is 0 Å². The number of carbonyl (C=O) groups excluding carboxylic acids is 1. The van der Waals surface area contributed by atoms with E-state index in [0.29, 0.717) is 0 Å². The number of thiazole rings is 1. The molecular formula is C16H17NOS. The zero-order chi connectivity index (χ0) is 13.5. The van der Waals surface area contributed by atoms with Crippen LogP contribution < -0.4 is 0 Å². The summed E-state index contributed by atoms with van der Waals surface area (Å²) < 4.78 is 0. The summed E-state index contributed by atoms with van der Waals surface area (Å²) in [4.78, 5) is 17.1. The molecule has 0 radical (unpaired) electrons. The van der Waals surface area contributed by atoms with Crippen molar-refractivity contribution in [1.29, 1.82) is 0 Å². The molecule has 1 aromatic carbocycles. The van der Waals surface area contributed by atoms with E-state index in [4.69, 9.17) is 4.98 Å². The van der Waals surface area contributed by atoms with Crippen molar-refractivity contribution in [2.45, 2.75) is 38.5 Å². The number of aromatic nitrogens is 1. The first-order valence-electron chi connectivity index (χ1n) is 6.68. The maximum Gasteiger partial charge on any atom is 0.171 e. The number of aryl methyl sites for hydroxylation is 1. The van der Waals surface area contributed by atoms with Crippen molar-refractivity contribution >= 4 is 17.1 Å². The third-order valence-electron chi connectivity index (χ3n) is 4.06. The van der Waals surface area contributed by atoms with Crippen LogP contribution in [0.5, 0.6) is 0 Å². The number of benzene rings is 1. The molecule has 1 aliphatic rings. The van der Waals surface area contributed by atoms with E-state index in [-0.39, 0.29) is 11.2 Å². The molecule has 0 aliphatic heterocycles. The molecule has 3 rings (SSSR count). The highest BCUT2D eigenvalue weighted by Gasteiger charge is 2.43. The van der Waals surface area contributed by atoms with Crippen molar-refractivity contribution < 1.29 is 4.79 Å². The minimum Gasteiger partial charge on any atom is -0.294 e. The van der Waals surface area contributed by atoms with Gasteiger partial charge in [0.1, 0.15) is 5.01 Å². The minimum atomic E-state index is 0.0599. The third-order valence-corrected chi connectivity index (χ3v) is 5.52. The van der Waals surface area contributed by atoms with E-state index in [1.54, 1.807) is 18.3 Å². The highest BCUT2D eigenvalue weighted by Crippen LogP contribution is 2.50. The van der Waals surface area contributed by atoms with Crippen LogP contribution in [0.25, 0.3) is 0 Å². The summed E-state index contributed by atoms with van der Waals surface area (Å²) in [6, 6.07) is 10.6. The van der Waals surface area contributed by atoms with E-state index >= 15 is 0 Å². The molecule has 0 atom stereocenters. The molecular weight excluding hydrogens is 254 g/mol. The van der Waals surface area contributed by atoms with Crippen LogP contribution >= 0.6 is 11.3 Å². The average Bonchev–Trinajstić information content (AvgIpc) is 2.72. The summed E-state index contributed by atoms with van der Waals surface area (Å²) in [6.45, 7) is 3.56. The molecule has 0 unspecified atom stereocenters. The summed E-state index contributed by atoms with van der Waals surface area (Å²) in [7, 11) is 0. The fraction of sp³-hybridized carbons (Fsp3) is 0.375. The fourth-order valence-corrected chi connectivity index (χ4v) is 4.07. The molecule has 1 saturated carbocycles. The predicted octanol–water partition coefficient (Wildman–Crippen LogP) is 4.12. The van der Waals surface area contributed by atoms with Gasteiger partial charge in [-0.2, -0.15) is 0 Å². The van der Waals surface area contributed by atoms with Crippen molar-refractivity contribution in [3.8, 4) is 0 Å². The second kappa shape index (κ2) is 4.57. The van der Waals surface area contributed by atoms with Gasteiger partial charge in [-0.15, -0.1) is 11.3 Å². The Morgan fingerprint density at radius 1 is 1.26 bits per heavy atom. The molecule has 0 amide bonds. The summed E-state index contributed by atoms with van der Waals surface area (Å²) in [5.74, 6) is 0.129. The quantitative estimate of drug-likeness (QED) is 0.786. The molecule has 98 valence electrons. The lowest BCUT2D eigenvalue weighted by atomic mass is 9.65.